The fourth-order valence-corrected chi connectivity index (χ4v) is 14.9. The van der Waals surface area contributed by atoms with E-state index >= 15 is 0 Å². The van der Waals surface area contributed by atoms with Gasteiger partial charge in [-0.1, -0.05) is 18.2 Å². The van der Waals surface area contributed by atoms with Gasteiger partial charge < -0.3 is 4.90 Å². The van der Waals surface area contributed by atoms with Gasteiger partial charge in [-0.3, -0.25) is 0 Å². The molecule has 0 aliphatic rings. The van der Waals surface area contributed by atoms with E-state index in [1.165, 1.54) is 33.1 Å². The Labute approximate surface area is 319 Å². The molecule has 0 fully saturated rings. The first-order valence-electron chi connectivity index (χ1n) is 16.0. The Morgan fingerprint density at radius 3 is 1.46 bits per heavy atom. The molecule has 9 heteroatoms. The van der Waals surface area contributed by atoms with Crippen molar-refractivity contribution in [1.82, 2.24) is 4.90 Å². The van der Waals surface area contributed by atoms with Gasteiger partial charge in [-0.2, -0.15) is 18.2 Å². The van der Waals surface area contributed by atoms with E-state index in [4.69, 9.17) is 18.6 Å². The average Bonchev–Trinajstić information content (AvgIpc) is 3.11. The summed E-state index contributed by atoms with van der Waals surface area (Å²) in [4.78, 5) is 2.21. The summed E-state index contributed by atoms with van der Waals surface area (Å²) in [6.07, 6.45) is 1.23. The van der Waals surface area contributed by atoms with Crippen molar-refractivity contribution < 1.29 is 49.3 Å². The predicted octanol–water partition coefficient (Wildman–Crippen LogP) is 3.32. The molecule has 262 valence electrons. The molecule has 0 heterocycles. The zero-order chi connectivity index (χ0) is 35.2. The van der Waals surface area contributed by atoms with Crippen molar-refractivity contribution in [2.75, 3.05) is 20.3 Å². The molecule has 0 aliphatic heterocycles. The van der Waals surface area contributed by atoms with Crippen LogP contribution < -0.4 is 37.9 Å². The minimum absolute atomic E-state index is 0. The Balaban J connectivity index is 0.000000269. The first-order valence-corrected chi connectivity index (χ1v) is 21.7. The molecule has 0 aliphatic carbocycles. The first-order chi connectivity index (χ1) is 23.5. The van der Waals surface area contributed by atoms with Crippen molar-refractivity contribution in [3.63, 3.8) is 0 Å². The van der Waals surface area contributed by atoms with Crippen LogP contribution in [0, 0.1) is 16.3 Å². The van der Waals surface area contributed by atoms with Crippen molar-refractivity contribution in [3.05, 3.63) is 169 Å². The van der Waals surface area contributed by atoms with Gasteiger partial charge in [0.1, 0.15) is 0 Å². The summed E-state index contributed by atoms with van der Waals surface area (Å²) in [7, 11) is -1.12. The van der Waals surface area contributed by atoms with Gasteiger partial charge in [0, 0.05) is 6.04 Å². The summed E-state index contributed by atoms with van der Waals surface area (Å²) < 4.78 is 37.7. The molecule has 0 spiro atoms. The maximum absolute atomic E-state index is 8.49. The fraction of sp³-hybridized carbons (Fsp3) is 0.171. The van der Waals surface area contributed by atoms with Crippen LogP contribution in [0.25, 0.3) is 10.8 Å². The van der Waals surface area contributed by atoms with Crippen LogP contribution in [0.3, 0.4) is 0 Å². The minimum Gasteiger partial charge on any atom is -0.222 e. The number of fused-ring (bicyclic) bond motifs is 1. The van der Waals surface area contributed by atoms with Crippen molar-refractivity contribution >= 4 is 52.7 Å². The third kappa shape index (κ3) is 13.1. The van der Waals surface area contributed by atoms with Crippen LogP contribution in [0.5, 0.6) is 0 Å². The molecule has 0 bridgehead atoms. The van der Waals surface area contributed by atoms with E-state index in [-0.39, 0.29) is 28.3 Å². The molecule has 0 N–H and O–H groups in total. The van der Waals surface area contributed by atoms with Crippen LogP contribution in [0.4, 0.5) is 0 Å². The Bertz CT molecular complexity index is 1730. The normalized spacial score (nSPS) is 12.3. The third-order valence-electron chi connectivity index (χ3n) is 8.04. The SMILES string of the molecule is C[C@@H](c1[c-]ccc2ccccc12)N(C)C.C[C@H](CP(c1ccccc1)c1ccccc1)[As](c1ccccc1)c1ccccc1.[O-][Cl+3]([O-])([O-])[O-].[Pd+2]. The zero-order valence-electron chi connectivity index (χ0n) is 28.5. The van der Waals surface area contributed by atoms with Gasteiger partial charge in [0.25, 0.3) is 0 Å². The molecule has 6 aromatic carbocycles. The number of hydrogen-bond acceptors (Lipinski definition) is 5. The third-order valence-corrected chi connectivity index (χ3v) is 17.2. The maximum atomic E-state index is 8.49. The standard InChI is InChI=1S/C27H26AsP.C14H16N.ClHO4.Pd/c1-23(28(24-14-6-2-7-15-24)25-16-8-3-9-17-25)22-29(26-18-10-4-11-19-26)27-20-12-5-13-21-27;1-11(15(2)3)13-10-6-8-12-7-4-5-9-14(12)13;2-1(3,4)5;/h2-21,23H,22H2,1H3;4-9,11H,1-3H3;(H,2,3,4,5);/q;-1;;+2/p-1/t23-;11-;;/m10../s1. The molecule has 0 amide bonds. The fourth-order valence-electron chi connectivity index (χ4n) is 5.55. The predicted molar refractivity (Wildman–Crippen MR) is 196 cm³/mol. The monoisotopic (exact) mass is 859 g/mol. The quantitative estimate of drug-likeness (QED) is 0.127. The Kier molecular flexibility index (Phi) is 17.5. The number of hydrogen-bond donors (Lipinski definition) is 0. The van der Waals surface area contributed by atoms with Crippen molar-refractivity contribution in [1.29, 1.82) is 0 Å². The molecule has 5 nitrogen and oxygen atoms in total. The molecule has 6 aromatic rings. The molecular formula is C41H42AsClNO4PPd. The van der Waals surface area contributed by atoms with Gasteiger partial charge >= 0.3 is 201 Å². The zero-order valence-corrected chi connectivity index (χ0v) is 33.6. The summed E-state index contributed by atoms with van der Waals surface area (Å²) in [6, 6.07) is 61.0. The van der Waals surface area contributed by atoms with E-state index in [0.29, 0.717) is 10.7 Å². The Morgan fingerprint density at radius 2 is 1.02 bits per heavy atom. The van der Waals surface area contributed by atoms with Gasteiger partial charge in [-0.25, -0.2) is 18.6 Å². The molecule has 0 unspecified atom stereocenters. The number of benzene rings is 6. The van der Waals surface area contributed by atoms with Crippen molar-refractivity contribution in [2.45, 2.75) is 24.6 Å². The molecule has 0 saturated carbocycles. The molecular weight excluding hydrogens is 818 g/mol. The van der Waals surface area contributed by atoms with Crippen LogP contribution in [-0.2, 0) is 20.4 Å². The van der Waals surface area contributed by atoms with Crippen LogP contribution in [0.2, 0.25) is 4.71 Å². The molecule has 6 rings (SSSR count). The summed E-state index contributed by atoms with van der Waals surface area (Å²) in [5.74, 6) is 0. The molecule has 0 aromatic heterocycles. The molecule has 0 saturated heterocycles. The summed E-state index contributed by atoms with van der Waals surface area (Å²) >= 11 is -1.42. The second-order valence-corrected chi connectivity index (χ2v) is 20.2. The van der Waals surface area contributed by atoms with Crippen LogP contribution in [0.15, 0.2) is 158 Å². The summed E-state index contributed by atoms with van der Waals surface area (Å²) in [6.45, 7) is 4.69. The number of rotatable bonds is 9. The van der Waals surface area contributed by atoms with Crippen LogP contribution >= 0.6 is 7.92 Å². The Morgan fingerprint density at radius 1 is 0.620 bits per heavy atom. The van der Waals surface area contributed by atoms with E-state index in [1.54, 1.807) is 8.70 Å². The average molecular weight is 861 g/mol. The van der Waals surface area contributed by atoms with Crippen LogP contribution in [-0.4, -0.2) is 39.8 Å². The minimum atomic E-state index is -4.94. The molecule has 2 atom stereocenters. The van der Waals surface area contributed by atoms with Crippen molar-refractivity contribution in [3.8, 4) is 0 Å². The van der Waals surface area contributed by atoms with E-state index in [9.17, 15) is 0 Å². The van der Waals surface area contributed by atoms with Crippen molar-refractivity contribution in [2.24, 2.45) is 0 Å². The second-order valence-electron chi connectivity index (χ2n) is 11.7. The van der Waals surface area contributed by atoms with Gasteiger partial charge in [0.05, 0.1) is 0 Å². The first kappa shape index (κ1) is 41.7. The summed E-state index contributed by atoms with van der Waals surface area (Å²) in [5, 5.41) is 5.56. The molecule has 50 heavy (non-hydrogen) atoms. The smallest absolute Gasteiger partial charge is 0.222 e. The van der Waals surface area contributed by atoms with E-state index in [1.807, 2.05) is 6.07 Å². The second kappa shape index (κ2) is 21.0. The topological polar surface area (TPSA) is 95.5 Å². The van der Waals surface area contributed by atoms with E-state index < -0.39 is 24.9 Å². The maximum Gasteiger partial charge on any atom is 2.00 e. The van der Waals surface area contributed by atoms with Gasteiger partial charge in [-0.15, -0.1) is 32.6 Å². The van der Waals surface area contributed by atoms with Crippen LogP contribution in [0.1, 0.15) is 25.5 Å². The van der Waals surface area contributed by atoms with Gasteiger partial charge in [0.15, 0.2) is 0 Å². The Hall–Kier alpha value is -2.68. The van der Waals surface area contributed by atoms with Gasteiger partial charge in [0.2, 0.25) is 0 Å². The largest absolute Gasteiger partial charge is 2.00 e. The van der Waals surface area contributed by atoms with E-state index in [2.05, 4.69) is 191 Å². The molecule has 0 radical (unpaired) electrons. The van der Waals surface area contributed by atoms with Gasteiger partial charge in [-0.05, 0) is 21.0 Å². The summed E-state index contributed by atoms with van der Waals surface area (Å²) in [5.41, 5.74) is 1.28. The van der Waals surface area contributed by atoms with E-state index in [0.717, 1.165) is 0 Å². The number of nitrogens with zero attached hydrogens (tertiary/aromatic N) is 1. The number of halogens is 1.